The van der Waals surface area contributed by atoms with Crippen LogP contribution in [0.5, 0.6) is 5.75 Å². The Kier molecular flexibility index (Phi) is 26.7. The Morgan fingerprint density at radius 2 is 1.81 bits per heavy atom. The van der Waals surface area contributed by atoms with E-state index in [4.69, 9.17) is 21.4 Å². The van der Waals surface area contributed by atoms with Crippen LogP contribution < -0.4 is 4.74 Å². The van der Waals surface area contributed by atoms with Gasteiger partial charge in [0, 0.05) is 17.5 Å². The van der Waals surface area contributed by atoms with Crippen molar-refractivity contribution in [3.05, 3.63) is 52.6 Å². The monoisotopic (exact) mass is 462 g/mol. The third kappa shape index (κ3) is 18.4. The zero-order valence-corrected chi connectivity index (χ0v) is 20.8. The number of benzene rings is 1. The minimum atomic E-state index is 0.314. The molecule has 1 aliphatic rings. The van der Waals surface area contributed by atoms with Gasteiger partial charge in [-0.2, -0.15) is 0 Å². The van der Waals surface area contributed by atoms with Crippen molar-refractivity contribution < 1.29 is 9.84 Å². The average Bonchev–Trinajstić information content (AvgIpc) is 2.70. The van der Waals surface area contributed by atoms with Gasteiger partial charge in [0.1, 0.15) is 11.9 Å². The summed E-state index contributed by atoms with van der Waals surface area (Å²) in [5.74, 6) is 0.986. The fraction of sp³-hybridized carbons (Fsp3) is 0.565. The van der Waals surface area contributed by atoms with E-state index in [0.717, 1.165) is 36.1 Å². The Bertz CT molecular complexity index is 495. The molecule has 0 saturated carbocycles. The molecule has 0 bridgehead atoms. The topological polar surface area (TPSA) is 29.5 Å². The molecule has 1 atom stereocenters. The number of halogens is 2. The lowest BCUT2D eigenvalue weighted by Gasteiger charge is -2.24. The second-order valence-electron chi connectivity index (χ2n) is 5.66. The van der Waals surface area contributed by atoms with Crippen molar-refractivity contribution in [1.29, 1.82) is 0 Å². The first-order valence-electron chi connectivity index (χ1n) is 9.70. The molecule has 2 nitrogen and oxygen atoms in total. The standard InChI is InChI=1S/C10H10BrClO.C7H12.C3H8.C2H6.CH4O/c11-6-9-3-1-7-5-8(12)2-4-10(7)13-9;1-4-5-6-7(2)3;1-3-2;2*1-2/h2,4-5,9H,1,3,6H2;4-6H,1-3H3;3H2,1-2H3;1-2H3;2H,1H3/b;5-4-;;;. The van der Waals surface area contributed by atoms with Gasteiger partial charge < -0.3 is 9.84 Å². The van der Waals surface area contributed by atoms with Crippen molar-refractivity contribution in [1.82, 2.24) is 0 Å². The van der Waals surface area contributed by atoms with Crippen LogP contribution in [0.3, 0.4) is 0 Å². The Labute approximate surface area is 181 Å². The van der Waals surface area contributed by atoms with Gasteiger partial charge in [-0.25, -0.2) is 0 Å². The van der Waals surface area contributed by atoms with E-state index in [2.05, 4.69) is 49.7 Å². The molecule has 2 rings (SSSR count). The van der Waals surface area contributed by atoms with Gasteiger partial charge in [0.2, 0.25) is 0 Å². The maximum Gasteiger partial charge on any atom is 0.123 e. The van der Waals surface area contributed by atoms with Crippen molar-refractivity contribution in [3.63, 3.8) is 0 Å². The second kappa shape index (κ2) is 23.3. The van der Waals surface area contributed by atoms with E-state index in [9.17, 15) is 0 Å². The number of aryl methyl sites for hydroxylation is 1. The van der Waals surface area contributed by atoms with Crippen LogP contribution in [-0.2, 0) is 6.42 Å². The highest BCUT2D eigenvalue weighted by atomic mass is 79.9. The van der Waals surface area contributed by atoms with Gasteiger partial charge in [0.05, 0.1) is 0 Å². The van der Waals surface area contributed by atoms with E-state index in [1.807, 2.05) is 51.1 Å². The quantitative estimate of drug-likeness (QED) is 0.355. The van der Waals surface area contributed by atoms with Crippen LogP contribution >= 0.6 is 27.5 Å². The first-order chi connectivity index (χ1) is 13.0. The second-order valence-corrected chi connectivity index (χ2v) is 6.75. The lowest BCUT2D eigenvalue weighted by Crippen LogP contribution is -2.23. The molecule has 1 aliphatic heterocycles. The fourth-order valence-electron chi connectivity index (χ4n) is 1.81. The highest BCUT2D eigenvalue weighted by Gasteiger charge is 2.18. The van der Waals surface area contributed by atoms with E-state index >= 15 is 0 Å². The Morgan fingerprint density at radius 3 is 2.22 bits per heavy atom. The molecule has 1 N–H and O–H groups in total. The van der Waals surface area contributed by atoms with E-state index in [0.29, 0.717) is 6.10 Å². The van der Waals surface area contributed by atoms with Gasteiger partial charge >= 0.3 is 0 Å². The molecule has 0 aromatic heterocycles. The summed E-state index contributed by atoms with van der Waals surface area (Å²) < 4.78 is 5.73. The molecule has 0 radical (unpaired) electrons. The molecule has 1 unspecified atom stereocenters. The number of fused-ring (bicyclic) bond motifs is 1. The summed E-state index contributed by atoms with van der Waals surface area (Å²) in [6.45, 7) is 14.4. The van der Waals surface area contributed by atoms with Crippen molar-refractivity contribution in [2.75, 3.05) is 12.4 Å². The van der Waals surface area contributed by atoms with Crippen LogP contribution in [0, 0.1) is 0 Å². The molecule has 0 saturated heterocycles. The smallest absolute Gasteiger partial charge is 0.123 e. The summed E-state index contributed by atoms with van der Waals surface area (Å²) in [5, 5.41) is 8.69. The van der Waals surface area contributed by atoms with Crippen LogP contribution in [0.1, 0.15) is 66.9 Å². The Balaban J connectivity index is -0.000000351. The van der Waals surface area contributed by atoms with Crippen molar-refractivity contribution in [3.8, 4) is 5.75 Å². The van der Waals surface area contributed by atoms with Gasteiger partial charge in [0.25, 0.3) is 0 Å². The summed E-state index contributed by atoms with van der Waals surface area (Å²) in [5.41, 5.74) is 2.57. The van der Waals surface area contributed by atoms with Crippen LogP contribution in [-0.4, -0.2) is 23.7 Å². The lowest BCUT2D eigenvalue weighted by molar-refractivity contribution is 0.198. The lowest BCUT2D eigenvalue weighted by atomic mass is 10.0. The molecule has 158 valence electrons. The predicted octanol–water partition coefficient (Wildman–Crippen LogP) is 8.01. The van der Waals surface area contributed by atoms with Gasteiger partial charge in [-0.1, -0.05) is 85.4 Å². The number of hydrogen-bond acceptors (Lipinski definition) is 2. The van der Waals surface area contributed by atoms with Crippen molar-refractivity contribution in [2.24, 2.45) is 0 Å². The first kappa shape index (κ1) is 30.9. The van der Waals surface area contributed by atoms with Gasteiger partial charge in [-0.15, -0.1) is 0 Å². The Hall–Kier alpha value is -0.770. The molecule has 0 spiro atoms. The number of ether oxygens (including phenoxy) is 1. The maximum absolute atomic E-state index is 7.00. The minimum absolute atomic E-state index is 0.314. The normalized spacial score (nSPS) is 13.5. The molecular formula is C23H40BrClO2. The van der Waals surface area contributed by atoms with E-state index in [1.54, 1.807) is 0 Å². The maximum atomic E-state index is 7.00. The summed E-state index contributed by atoms with van der Waals surface area (Å²) in [4.78, 5) is 0. The summed E-state index contributed by atoms with van der Waals surface area (Å²) in [7, 11) is 1.00. The SMILES string of the molecule is C/C=C\C=C(C)C.CC.CCC.CO.Clc1ccc2c(c1)CCC(CBr)O2. The summed E-state index contributed by atoms with van der Waals surface area (Å²) in [6.07, 6.45) is 9.83. The van der Waals surface area contributed by atoms with Gasteiger partial charge in [-0.05, 0) is 57.4 Å². The molecule has 1 aromatic carbocycles. The highest BCUT2D eigenvalue weighted by Crippen LogP contribution is 2.30. The van der Waals surface area contributed by atoms with Gasteiger partial charge in [-0.3, -0.25) is 0 Å². The van der Waals surface area contributed by atoms with Gasteiger partial charge in [0.15, 0.2) is 0 Å². The van der Waals surface area contributed by atoms with Crippen LogP contribution in [0.4, 0.5) is 0 Å². The number of rotatable bonds is 2. The zero-order chi connectivity index (χ0) is 21.7. The third-order valence-electron chi connectivity index (χ3n) is 2.85. The number of hydrogen-bond donors (Lipinski definition) is 1. The zero-order valence-electron chi connectivity index (χ0n) is 18.5. The fourth-order valence-corrected chi connectivity index (χ4v) is 2.46. The minimum Gasteiger partial charge on any atom is -0.489 e. The van der Waals surface area contributed by atoms with E-state index < -0.39 is 0 Å². The van der Waals surface area contributed by atoms with Crippen molar-refractivity contribution >= 4 is 27.5 Å². The first-order valence-corrected chi connectivity index (χ1v) is 11.2. The largest absolute Gasteiger partial charge is 0.489 e. The third-order valence-corrected chi connectivity index (χ3v) is 3.80. The molecule has 4 heteroatoms. The molecule has 27 heavy (non-hydrogen) atoms. The molecule has 0 amide bonds. The molecule has 0 aliphatic carbocycles. The number of allylic oxidation sites excluding steroid dienone is 4. The Morgan fingerprint density at radius 1 is 1.26 bits per heavy atom. The number of alkyl halides is 1. The van der Waals surface area contributed by atoms with E-state index in [1.165, 1.54) is 17.6 Å². The van der Waals surface area contributed by atoms with Crippen LogP contribution in [0.15, 0.2) is 42.0 Å². The average molecular weight is 464 g/mol. The van der Waals surface area contributed by atoms with Crippen molar-refractivity contribution in [2.45, 2.75) is 73.8 Å². The molecular weight excluding hydrogens is 424 g/mol. The van der Waals surface area contributed by atoms with Crippen LogP contribution in [0.25, 0.3) is 0 Å². The number of aliphatic hydroxyl groups is 1. The summed E-state index contributed by atoms with van der Waals surface area (Å²) in [6, 6.07) is 5.81. The highest BCUT2D eigenvalue weighted by molar-refractivity contribution is 9.09. The molecule has 1 heterocycles. The molecule has 1 aromatic rings. The molecule has 0 fully saturated rings. The summed E-state index contributed by atoms with van der Waals surface area (Å²) >= 11 is 9.31. The number of aliphatic hydroxyl groups excluding tert-OH is 1. The van der Waals surface area contributed by atoms with Crippen LogP contribution in [0.2, 0.25) is 5.02 Å². The predicted molar refractivity (Wildman–Crippen MR) is 128 cm³/mol. The van der Waals surface area contributed by atoms with E-state index in [-0.39, 0.29) is 0 Å².